The second kappa shape index (κ2) is 11.6. The number of pyridine rings is 1. The summed E-state index contributed by atoms with van der Waals surface area (Å²) in [6, 6.07) is 7.93. The zero-order valence-corrected chi connectivity index (χ0v) is 22.3. The highest BCUT2D eigenvalue weighted by Crippen LogP contribution is 2.37. The van der Waals surface area contributed by atoms with Gasteiger partial charge < -0.3 is 24.4 Å². The maximum Gasteiger partial charge on any atom is 0.307 e. The van der Waals surface area contributed by atoms with Crippen molar-refractivity contribution in [2.75, 3.05) is 63.3 Å². The molecule has 2 aliphatic heterocycles. The Morgan fingerprint density at radius 3 is 2.73 bits per heavy atom. The minimum absolute atomic E-state index is 0.152. The van der Waals surface area contributed by atoms with Gasteiger partial charge in [0.1, 0.15) is 11.4 Å². The first kappa shape index (κ1) is 25.7. The third-order valence-corrected chi connectivity index (χ3v) is 8.31. The standard InChI is InChI=1S/C27H35N5O4S/c1-35-23-7-6-19-5-3-10-28-25(19)26(23)31-12-4-11-30(15-16-31)22(17-24(34)36-2)21-18-37-27(29-21)32-13-8-20(33)9-14-32/h3,5-7,10,18,20,22,33H,4,8-9,11-17H2,1-2H3. The first-order valence-corrected chi connectivity index (χ1v) is 13.8. The summed E-state index contributed by atoms with van der Waals surface area (Å²) in [5.41, 5.74) is 2.88. The zero-order chi connectivity index (χ0) is 25.8. The summed E-state index contributed by atoms with van der Waals surface area (Å²) in [6.07, 6.45) is 4.32. The lowest BCUT2D eigenvalue weighted by Crippen LogP contribution is -2.36. The Morgan fingerprint density at radius 2 is 1.95 bits per heavy atom. The van der Waals surface area contributed by atoms with Crippen molar-refractivity contribution in [2.45, 2.75) is 37.8 Å². The number of piperidine rings is 1. The third-order valence-electron chi connectivity index (χ3n) is 7.39. The average Bonchev–Trinajstić information content (AvgIpc) is 3.29. The number of anilines is 2. The van der Waals surface area contributed by atoms with Crippen molar-refractivity contribution in [3.05, 3.63) is 41.5 Å². The first-order chi connectivity index (χ1) is 18.1. The summed E-state index contributed by atoms with van der Waals surface area (Å²) in [6.45, 7) is 4.87. The number of rotatable bonds is 7. The average molecular weight is 526 g/mol. The van der Waals surface area contributed by atoms with E-state index in [2.05, 4.69) is 31.1 Å². The highest BCUT2D eigenvalue weighted by molar-refractivity contribution is 7.13. The molecule has 2 saturated heterocycles. The van der Waals surface area contributed by atoms with Gasteiger partial charge in [-0.1, -0.05) is 6.07 Å². The first-order valence-electron chi connectivity index (χ1n) is 12.9. The van der Waals surface area contributed by atoms with Crippen molar-refractivity contribution in [3.63, 3.8) is 0 Å². The van der Waals surface area contributed by atoms with Crippen LogP contribution in [0.4, 0.5) is 10.8 Å². The molecule has 0 spiro atoms. The van der Waals surface area contributed by atoms with Crippen LogP contribution in [0.15, 0.2) is 35.8 Å². The number of nitrogens with zero attached hydrogens (tertiary/aromatic N) is 5. The molecule has 0 amide bonds. The number of esters is 1. The van der Waals surface area contributed by atoms with Crippen molar-refractivity contribution < 1.29 is 19.4 Å². The van der Waals surface area contributed by atoms with Crippen LogP contribution in [0.5, 0.6) is 5.75 Å². The molecule has 10 heteroatoms. The van der Waals surface area contributed by atoms with Gasteiger partial charge in [0.15, 0.2) is 5.13 Å². The topological polar surface area (TPSA) is 91.3 Å². The van der Waals surface area contributed by atoms with Gasteiger partial charge in [0.25, 0.3) is 0 Å². The summed E-state index contributed by atoms with van der Waals surface area (Å²) in [5.74, 6) is 0.586. The van der Waals surface area contributed by atoms with Crippen LogP contribution >= 0.6 is 11.3 Å². The molecule has 1 N–H and O–H groups in total. The second-order valence-corrected chi connectivity index (χ2v) is 10.5. The Morgan fingerprint density at radius 1 is 1.11 bits per heavy atom. The minimum Gasteiger partial charge on any atom is -0.494 e. The molecular weight excluding hydrogens is 490 g/mol. The predicted molar refractivity (Wildman–Crippen MR) is 146 cm³/mol. The largest absolute Gasteiger partial charge is 0.494 e. The van der Waals surface area contributed by atoms with Crippen molar-refractivity contribution in [1.29, 1.82) is 0 Å². The minimum atomic E-state index is -0.235. The van der Waals surface area contributed by atoms with E-state index in [0.29, 0.717) is 0 Å². The Kier molecular flexibility index (Phi) is 8.07. The molecule has 9 nitrogen and oxygen atoms in total. The molecule has 2 aromatic heterocycles. The molecular formula is C27H35N5O4S. The number of aliphatic hydroxyl groups is 1. The summed E-state index contributed by atoms with van der Waals surface area (Å²) in [7, 11) is 3.14. The molecule has 1 unspecified atom stereocenters. The maximum atomic E-state index is 12.4. The van der Waals surface area contributed by atoms with E-state index in [0.717, 1.165) is 91.7 Å². The SMILES string of the molecule is COC(=O)CC(c1csc(N2CCC(O)CC2)n1)N1CCCN(c2c(OC)ccc3cccnc23)CC1. The van der Waals surface area contributed by atoms with Gasteiger partial charge in [0, 0.05) is 56.2 Å². The van der Waals surface area contributed by atoms with E-state index in [-0.39, 0.29) is 24.5 Å². The number of carbonyl (C=O) groups is 1. The van der Waals surface area contributed by atoms with Gasteiger partial charge in [-0.05, 0) is 37.5 Å². The fourth-order valence-corrected chi connectivity index (χ4v) is 6.27. The maximum absolute atomic E-state index is 12.4. The highest BCUT2D eigenvalue weighted by atomic mass is 32.1. The molecule has 4 heterocycles. The molecule has 0 saturated carbocycles. The summed E-state index contributed by atoms with van der Waals surface area (Å²) in [4.78, 5) is 29.0. The van der Waals surface area contributed by atoms with Crippen LogP contribution in [-0.4, -0.2) is 85.5 Å². The molecule has 0 radical (unpaired) electrons. The number of aromatic nitrogens is 2. The predicted octanol–water partition coefficient (Wildman–Crippen LogP) is 3.48. The van der Waals surface area contributed by atoms with E-state index in [1.54, 1.807) is 18.4 Å². The van der Waals surface area contributed by atoms with Crippen molar-refractivity contribution in [2.24, 2.45) is 0 Å². The summed E-state index contributed by atoms with van der Waals surface area (Å²) in [5, 5.41) is 14.0. The molecule has 1 atom stereocenters. The Hall–Kier alpha value is -2.95. The molecule has 2 fully saturated rings. The van der Waals surface area contributed by atoms with Gasteiger partial charge in [-0.2, -0.15) is 0 Å². The quantitative estimate of drug-likeness (QED) is 0.466. The van der Waals surface area contributed by atoms with Crippen LogP contribution in [-0.2, 0) is 9.53 Å². The van der Waals surface area contributed by atoms with Crippen molar-refractivity contribution in [1.82, 2.24) is 14.9 Å². The lowest BCUT2D eigenvalue weighted by atomic mass is 10.1. The molecule has 198 valence electrons. The molecule has 0 bridgehead atoms. The zero-order valence-electron chi connectivity index (χ0n) is 21.5. The number of methoxy groups -OCH3 is 2. The van der Waals surface area contributed by atoms with Crippen LogP contribution in [0.1, 0.15) is 37.4 Å². The van der Waals surface area contributed by atoms with Crippen LogP contribution in [0, 0.1) is 0 Å². The molecule has 0 aliphatic carbocycles. The number of benzene rings is 1. The fraction of sp³-hybridized carbons (Fsp3) is 0.519. The van der Waals surface area contributed by atoms with Crippen molar-refractivity contribution in [3.8, 4) is 5.75 Å². The van der Waals surface area contributed by atoms with E-state index in [9.17, 15) is 9.90 Å². The molecule has 3 aromatic rings. The number of thiazole rings is 1. The number of carbonyl (C=O) groups excluding carboxylic acids is 1. The van der Waals surface area contributed by atoms with Gasteiger partial charge in [0.05, 0.1) is 44.0 Å². The van der Waals surface area contributed by atoms with E-state index < -0.39 is 0 Å². The molecule has 2 aliphatic rings. The number of hydrogen-bond donors (Lipinski definition) is 1. The van der Waals surface area contributed by atoms with Crippen LogP contribution in [0.25, 0.3) is 10.9 Å². The summed E-state index contributed by atoms with van der Waals surface area (Å²) < 4.78 is 10.8. The van der Waals surface area contributed by atoms with Gasteiger partial charge in [-0.3, -0.25) is 14.7 Å². The smallest absolute Gasteiger partial charge is 0.307 e. The lowest BCUT2D eigenvalue weighted by molar-refractivity contribution is -0.142. The number of aliphatic hydroxyl groups excluding tert-OH is 1. The Bertz CT molecular complexity index is 1210. The Balaban J connectivity index is 1.37. The lowest BCUT2D eigenvalue weighted by Gasteiger charge is -2.30. The highest BCUT2D eigenvalue weighted by Gasteiger charge is 2.30. The number of fused-ring (bicyclic) bond motifs is 1. The van der Waals surface area contributed by atoms with Gasteiger partial charge >= 0.3 is 5.97 Å². The van der Waals surface area contributed by atoms with Crippen LogP contribution < -0.4 is 14.5 Å². The second-order valence-electron chi connectivity index (χ2n) is 9.64. The van der Waals surface area contributed by atoms with E-state index in [1.165, 1.54) is 7.11 Å². The van der Waals surface area contributed by atoms with Gasteiger partial charge in [-0.15, -0.1) is 11.3 Å². The number of ether oxygens (including phenoxy) is 2. The van der Waals surface area contributed by atoms with E-state index in [1.807, 2.05) is 24.4 Å². The molecule has 1 aromatic carbocycles. The Labute approximate surface area is 221 Å². The normalized spacial score (nSPS) is 18.6. The monoisotopic (exact) mass is 525 g/mol. The third kappa shape index (κ3) is 5.66. The van der Waals surface area contributed by atoms with Gasteiger partial charge in [-0.25, -0.2) is 4.98 Å². The molecule has 5 rings (SSSR count). The van der Waals surface area contributed by atoms with Crippen LogP contribution in [0.3, 0.4) is 0 Å². The fourth-order valence-electron chi connectivity index (χ4n) is 5.35. The number of hydrogen-bond acceptors (Lipinski definition) is 10. The van der Waals surface area contributed by atoms with E-state index in [4.69, 9.17) is 14.5 Å². The van der Waals surface area contributed by atoms with Gasteiger partial charge in [0.2, 0.25) is 0 Å². The summed E-state index contributed by atoms with van der Waals surface area (Å²) >= 11 is 1.61. The molecule has 37 heavy (non-hydrogen) atoms. The van der Waals surface area contributed by atoms with Crippen molar-refractivity contribution >= 4 is 39.0 Å². The van der Waals surface area contributed by atoms with E-state index >= 15 is 0 Å². The van der Waals surface area contributed by atoms with Crippen LogP contribution in [0.2, 0.25) is 0 Å².